The summed E-state index contributed by atoms with van der Waals surface area (Å²) in [5, 5.41) is 13.0. The number of hydrogen-bond acceptors (Lipinski definition) is 6. The SMILES string of the molecule is NC1=NCc2cc(NC(=O)C(O)C3OCCN(c4ccc(C(F)(F)F)cc4)C3=O)ccc21. The van der Waals surface area contributed by atoms with Crippen LogP contribution in [0.4, 0.5) is 24.5 Å². The van der Waals surface area contributed by atoms with Gasteiger partial charge in [-0.2, -0.15) is 13.2 Å². The van der Waals surface area contributed by atoms with Crippen LogP contribution in [0.3, 0.4) is 0 Å². The second kappa shape index (κ2) is 8.24. The number of aliphatic imine (C=N–C) groups is 1. The van der Waals surface area contributed by atoms with Crippen LogP contribution >= 0.6 is 0 Å². The van der Waals surface area contributed by atoms with Crippen molar-refractivity contribution in [3.05, 3.63) is 59.2 Å². The van der Waals surface area contributed by atoms with E-state index in [0.717, 1.165) is 35.4 Å². The fraction of sp³-hybridized carbons (Fsp3) is 0.286. The molecule has 0 radical (unpaired) electrons. The van der Waals surface area contributed by atoms with Gasteiger partial charge in [0.1, 0.15) is 5.84 Å². The zero-order valence-corrected chi connectivity index (χ0v) is 16.6. The molecule has 1 fully saturated rings. The number of alkyl halides is 3. The standard InChI is InChI=1S/C21H19F3N4O4/c22-21(23,24)12-1-4-14(5-2-12)28-7-8-32-17(20(28)31)16(29)19(30)27-13-3-6-15-11(9-13)10-26-18(15)25/h1-6,9,16-17,29H,7-8,10H2,(H2,25,26)(H,27,30). The molecular weight excluding hydrogens is 429 g/mol. The molecule has 1 saturated heterocycles. The predicted molar refractivity (Wildman–Crippen MR) is 109 cm³/mol. The fourth-order valence-corrected chi connectivity index (χ4v) is 3.58. The first-order valence-corrected chi connectivity index (χ1v) is 9.67. The first-order chi connectivity index (χ1) is 15.1. The van der Waals surface area contributed by atoms with Crippen molar-refractivity contribution >= 4 is 29.0 Å². The number of carbonyl (C=O) groups is 2. The Morgan fingerprint density at radius 2 is 1.97 bits per heavy atom. The molecule has 2 aromatic carbocycles. The van der Waals surface area contributed by atoms with Gasteiger partial charge in [0.05, 0.1) is 18.7 Å². The molecule has 0 aromatic heterocycles. The van der Waals surface area contributed by atoms with Gasteiger partial charge >= 0.3 is 6.18 Å². The molecule has 0 bridgehead atoms. The van der Waals surface area contributed by atoms with Crippen LogP contribution in [0.2, 0.25) is 0 Å². The van der Waals surface area contributed by atoms with E-state index < -0.39 is 35.8 Å². The van der Waals surface area contributed by atoms with Crippen LogP contribution in [0.25, 0.3) is 0 Å². The van der Waals surface area contributed by atoms with Crippen LogP contribution in [-0.2, 0) is 27.0 Å². The van der Waals surface area contributed by atoms with Crippen LogP contribution in [0, 0.1) is 0 Å². The molecule has 2 heterocycles. The maximum absolute atomic E-state index is 12.8. The van der Waals surface area contributed by atoms with Gasteiger partial charge in [-0.25, -0.2) is 0 Å². The molecule has 2 unspecified atom stereocenters. The molecule has 4 rings (SSSR count). The van der Waals surface area contributed by atoms with E-state index in [1.165, 1.54) is 4.90 Å². The number of nitrogens with zero attached hydrogens (tertiary/aromatic N) is 2. The Kier molecular flexibility index (Phi) is 5.61. The molecule has 168 valence electrons. The molecule has 0 saturated carbocycles. The van der Waals surface area contributed by atoms with E-state index in [1.807, 2.05) is 0 Å². The number of nitrogens with one attached hydrogen (secondary N) is 1. The van der Waals surface area contributed by atoms with Crippen LogP contribution < -0.4 is 16.0 Å². The first-order valence-electron chi connectivity index (χ1n) is 9.67. The highest BCUT2D eigenvalue weighted by Crippen LogP contribution is 2.31. The Balaban J connectivity index is 1.45. The Morgan fingerprint density at radius 1 is 1.25 bits per heavy atom. The smallest absolute Gasteiger partial charge is 0.383 e. The summed E-state index contributed by atoms with van der Waals surface area (Å²) in [6.45, 7) is 0.443. The van der Waals surface area contributed by atoms with E-state index in [9.17, 15) is 27.9 Å². The molecule has 2 aliphatic rings. The minimum atomic E-state index is -4.50. The van der Waals surface area contributed by atoms with Gasteiger partial charge in [-0.1, -0.05) is 0 Å². The lowest BCUT2D eigenvalue weighted by atomic mass is 10.1. The van der Waals surface area contributed by atoms with Crippen LogP contribution in [-0.4, -0.2) is 48.1 Å². The van der Waals surface area contributed by atoms with Crippen LogP contribution in [0.15, 0.2) is 47.5 Å². The van der Waals surface area contributed by atoms with E-state index in [1.54, 1.807) is 18.2 Å². The number of halogens is 3. The average Bonchev–Trinajstić information content (AvgIpc) is 3.13. The van der Waals surface area contributed by atoms with E-state index >= 15 is 0 Å². The summed E-state index contributed by atoms with van der Waals surface area (Å²) >= 11 is 0. The lowest BCUT2D eigenvalue weighted by Gasteiger charge is -2.34. The number of anilines is 2. The van der Waals surface area contributed by atoms with Crippen LogP contribution in [0.1, 0.15) is 16.7 Å². The third-order valence-corrected chi connectivity index (χ3v) is 5.25. The largest absolute Gasteiger partial charge is 0.416 e. The van der Waals surface area contributed by atoms with Gasteiger partial charge in [0, 0.05) is 23.5 Å². The first kappa shape index (κ1) is 21.8. The number of carbonyl (C=O) groups excluding carboxylic acids is 2. The molecule has 0 spiro atoms. The Morgan fingerprint density at radius 3 is 2.66 bits per heavy atom. The third kappa shape index (κ3) is 4.16. The topological polar surface area (TPSA) is 117 Å². The summed E-state index contributed by atoms with van der Waals surface area (Å²) < 4.78 is 43.6. The highest BCUT2D eigenvalue weighted by Gasteiger charge is 2.39. The van der Waals surface area contributed by atoms with E-state index in [0.29, 0.717) is 18.1 Å². The summed E-state index contributed by atoms with van der Waals surface area (Å²) in [5.41, 5.74) is 7.09. The Bertz CT molecular complexity index is 1090. The highest BCUT2D eigenvalue weighted by molar-refractivity contribution is 6.04. The molecule has 4 N–H and O–H groups in total. The number of nitrogens with two attached hydrogens (primary N) is 1. The van der Waals surface area contributed by atoms with Gasteiger partial charge in [0.15, 0.2) is 12.2 Å². The molecular formula is C21H19F3N4O4. The van der Waals surface area contributed by atoms with Gasteiger partial charge in [0.25, 0.3) is 11.8 Å². The van der Waals surface area contributed by atoms with Crippen molar-refractivity contribution in [1.82, 2.24) is 0 Å². The zero-order chi connectivity index (χ0) is 23.0. The number of aliphatic hydroxyl groups excluding tert-OH is 1. The van der Waals surface area contributed by atoms with Crippen molar-refractivity contribution < 1.29 is 32.6 Å². The number of ether oxygens (including phenoxy) is 1. The van der Waals surface area contributed by atoms with Gasteiger partial charge in [-0.3, -0.25) is 14.6 Å². The number of morpholine rings is 1. The number of benzene rings is 2. The number of amides is 2. The summed E-state index contributed by atoms with van der Waals surface area (Å²) in [6.07, 6.45) is -7.83. The highest BCUT2D eigenvalue weighted by atomic mass is 19.4. The lowest BCUT2D eigenvalue weighted by Crippen LogP contribution is -2.55. The van der Waals surface area contributed by atoms with Gasteiger partial charge in [-0.05, 0) is 48.0 Å². The second-order valence-electron chi connectivity index (χ2n) is 7.33. The zero-order valence-electron chi connectivity index (χ0n) is 16.6. The number of fused-ring (bicyclic) bond motifs is 1. The third-order valence-electron chi connectivity index (χ3n) is 5.25. The van der Waals surface area contributed by atoms with Gasteiger partial charge in [-0.15, -0.1) is 0 Å². The van der Waals surface area contributed by atoms with Crippen LogP contribution in [0.5, 0.6) is 0 Å². The minimum Gasteiger partial charge on any atom is -0.383 e. The van der Waals surface area contributed by atoms with E-state index in [-0.39, 0.29) is 18.8 Å². The summed E-state index contributed by atoms with van der Waals surface area (Å²) in [7, 11) is 0. The summed E-state index contributed by atoms with van der Waals surface area (Å²) in [6, 6.07) is 9.00. The van der Waals surface area contributed by atoms with Gasteiger partial charge < -0.3 is 25.8 Å². The lowest BCUT2D eigenvalue weighted by molar-refractivity contribution is -0.150. The van der Waals surface area contributed by atoms with Gasteiger partial charge in [0.2, 0.25) is 0 Å². The van der Waals surface area contributed by atoms with E-state index in [2.05, 4.69) is 10.3 Å². The summed E-state index contributed by atoms with van der Waals surface area (Å²) in [5.74, 6) is -1.18. The van der Waals surface area contributed by atoms with E-state index in [4.69, 9.17) is 10.5 Å². The number of hydrogen-bond donors (Lipinski definition) is 3. The molecule has 32 heavy (non-hydrogen) atoms. The Hall–Kier alpha value is -3.44. The number of aliphatic hydroxyl groups is 1. The van der Waals surface area contributed by atoms with Crippen molar-refractivity contribution in [2.24, 2.45) is 10.7 Å². The monoisotopic (exact) mass is 448 g/mol. The fourth-order valence-electron chi connectivity index (χ4n) is 3.58. The molecule has 2 aromatic rings. The van der Waals surface area contributed by atoms with Crippen molar-refractivity contribution in [1.29, 1.82) is 0 Å². The maximum Gasteiger partial charge on any atom is 0.416 e. The van der Waals surface area contributed by atoms with Crippen molar-refractivity contribution in [3.8, 4) is 0 Å². The maximum atomic E-state index is 12.8. The Labute approximate surface area is 180 Å². The number of amidine groups is 1. The predicted octanol–water partition coefficient (Wildman–Crippen LogP) is 1.66. The summed E-state index contributed by atoms with van der Waals surface area (Å²) in [4.78, 5) is 30.6. The molecule has 2 amide bonds. The molecule has 0 aliphatic carbocycles. The molecule has 8 nitrogen and oxygen atoms in total. The minimum absolute atomic E-state index is 0.00275. The van der Waals surface area contributed by atoms with Crippen molar-refractivity contribution in [2.45, 2.75) is 24.9 Å². The quantitative estimate of drug-likeness (QED) is 0.658. The van der Waals surface area contributed by atoms with Crippen molar-refractivity contribution in [2.75, 3.05) is 23.4 Å². The molecule has 2 aliphatic heterocycles. The molecule has 11 heteroatoms. The molecule has 2 atom stereocenters. The van der Waals surface area contributed by atoms with Crippen molar-refractivity contribution in [3.63, 3.8) is 0 Å². The normalized spacial score (nSPS) is 19.4. The second-order valence-corrected chi connectivity index (χ2v) is 7.33. The number of rotatable bonds is 4. The average molecular weight is 448 g/mol.